The molecule has 8 heavy (non-hydrogen) atoms. The lowest BCUT2D eigenvalue weighted by atomic mass is 10.3. The van der Waals surface area contributed by atoms with Crippen LogP contribution in [0.5, 0.6) is 0 Å². The average molecular weight is 190 g/mol. The van der Waals surface area contributed by atoms with Crippen LogP contribution in [0.3, 0.4) is 0 Å². The van der Waals surface area contributed by atoms with Gasteiger partial charge < -0.3 is 0 Å². The second-order valence-electron chi connectivity index (χ2n) is 1.70. The maximum atomic E-state index is 3.37. The summed E-state index contributed by atoms with van der Waals surface area (Å²) in [5, 5.41) is 3.09. The highest BCUT2D eigenvalue weighted by molar-refractivity contribution is 9.10. The third-order valence-electron chi connectivity index (χ3n) is 1.15. The quantitative estimate of drug-likeness (QED) is 0.590. The Kier molecular flexibility index (Phi) is 1.73. The molecule has 2 heteroatoms. The molecule has 0 unspecified atom stereocenters. The maximum absolute atomic E-state index is 3.37. The van der Waals surface area contributed by atoms with E-state index in [1.165, 1.54) is 10.4 Å². The van der Waals surface area contributed by atoms with Crippen molar-refractivity contribution in [2.24, 2.45) is 0 Å². The minimum atomic E-state index is 1.11. The molecule has 0 aliphatic heterocycles. The Balaban J connectivity index is 3.19. The second-order valence-corrected chi connectivity index (χ2v) is 3.51. The molecule has 0 aliphatic rings. The van der Waals surface area contributed by atoms with Crippen LogP contribution in [0.15, 0.2) is 4.47 Å². The molecule has 1 aromatic rings. The molecule has 1 rings (SSSR count). The Hall–Kier alpha value is 0.180. The van der Waals surface area contributed by atoms with Gasteiger partial charge in [0.25, 0.3) is 0 Å². The predicted molar refractivity (Wildman–Crippen MR) is 40.3 cm³/mol. The van der Waals surface area contributed by atoms with Crippen LogP contribution in [0, 0.1) is 19.2 Å². The zero-order chi connectivity index (χ0) is 6.15. The Morgan fingerprint density at radius 2 is 2.12 bits per heavy atom. The molecular weight excluding hydrogens is 184 g/mol. The summed E-state index contributed by atoms with van der Waals surface area (Å²) in [7, 11) is 0. The fourth-order valence-electron chi connectivity index (χ4n) is 0.429. The van der Waals surface area contributed by atoms with Gasteiger partial charge in [0, 0.05) is 9.35 Å². The van der Waals surface area contributed by atoms with Gasteiger partial charge in [0.15, 0.2) is 0 Å². The fraction of sp³-hybridized carbons (Fsp3) is 0.333. The molecule has 0 N–H and O–H groups in total. The van der Waals surface area contributed by atoms with Crippen LogP contribution in [-0.4, -0.2) is 0 Å². The van der Waals surface area contributed by atoms with E-state index in [0.717, 1.165) is 4.47 Å². The zero-order valence-corrected chi connectivity index (χ0v) is 7.19. The van der Waals surface area contributed by atoms with Crippen molar-refractivity contribution in [3.05, 3.63) is 20.3 Å². The summed E-state index contributed by atoms with van der Waals surface area (Å²) in [6.45, 7) is 4.19. The van der Waals surface area contributed by atoms with Gasteiger partial charge in [-0.1, -0.05) is 0 Å². The molecule has 43 valence electrons. The maximum Gasteiger partial charge on any atom is 0.0601 e. The van der Waals surface area contributed by atoms with Gasteiger partial charge in [0.1, 0.15) is 0 Å². The Morgan fingerprint density at radius 3 is 2.25 bits per heavy atom. The van der Waals surface area contributed by atoms with Crippen molar-refractivity contribution < 1.29 is 0 Å². The van der Waals surface area contributed by atoms with E-state index in [1.54, 1.807) is 11.3 Å². The molecule has 0 bridgehead atoms. The molecule has 0 nitrogen and oxygen atoms in total. The van der Waals surface area contributed by atoms with Crippen molar-refractivity contribution in [1.29, 1.82) is 0 Å². The van der Waals surface area contributed by atoms with Crippen LogP contribution in [0.1, 0.15) is 10.4 Å². The van der Waals surface area contributed by atoms with Gasteiger partial charge in [-0.3, -0.25) is 0 Å². The van der Waals surface area contributed by atoms with Gasteiger partial charge in [-0.2, -0.15) is 0 Å². The lowest BCUT2D eigenvalue weighted by Crippen LogP contribution is -1.66. The summed E-state index contributed by atoms with van der Waals surface area (Å²) < 4.78 is 1.11. The summed E-state index contributed by atoms with van der Waals surface area (Å²) in [6.07, 6.45) is 0. The topological polar surface area (TPSA) is 0 Å². The first kappa shape index (κ1) is 6.30. The molecule has 1 heterocycles. The molecule has 0 saturated carbocycles. The summed E-state index contributed by atoms with van der Waals surface area (Å²) in [6, 6.07) is 0. The van der Waals surface area contributed by atoms with E-state index in [9.17, 15) is 0 Å². The van der Waals surface area contributed by atoms with E-state index in [4.69, 9.17) is 0 Å². The van der Waals surface area contributed by atoms with Crippen molar-refractivity contribution >= 4 is 27.3 Å². The Bertz CT molecular complexity index is 171. The van der Waals surface area contributed by atoms with Crippen LogP contribution in [0.25, 0.3) is 0 Å². The van der Waals surface area contributed by atoms with Crippen molar-refractivity contribution in [3.8, 4) is 0 Å². The number of halogens is 1. The summed E-state index contributed by atoms with van der Waals surface area (Å²) >= 11 is 5.03. The van der Waals surface area contributed by atoms with Crippen LogP contribution >= 0.6 is 27.3 Å². The second kappa shape index (κ2) is 2.19. The first-order valence-electron chi connectivity index (χ1n) is 2.35. The number of aryl methyl sites for hydroxylation is 1. The number of hydrogen-bond donors (Lipinski definition) is 0. The Morgan fingerprint density at radius 1 is 1.50 bits per heavy atom. The standard InChI is InChI=1S/C6H6BrS/c1-4-5(2)8-3-6(4)7/h1-2H3. The highest BCUT2D eigenvalue weighted by atomic mass is 79.9. The van der Waals surface area contributed by atoms with Gasteiger partial charge in [-0.05, 0) is 35.3 Å². The molecule has 0 fully saturated rings. The van der Waals surface area contributed by atoms with Crippen molar-refractivity contribution in [3.63, 3.8) is 0 Å². The van der Waals surface area contributed by atoms with E-state index in [-0.39, 0.29) is 0 Å². The third-order valence-corrected chi connectivity index (χ3v) is 3.13. The SMILES string of the molecule is Cc1s[c]c(Br)c1C. The minimum Gasteiger partial charge on any atom is -0.138 e. The first-order valence-corrected chi connectivity index (χ1v) is 3.96. The van der Waals surface area contributed by atoms with Gasteiger partial charge in [-0.15, -0.1) is 11.3 Å². The van der Waals surface area contributed by atoms with E-state index >= 15 is 0 Å². The largest absolute Gasteiger partial charge is 0.138 e. The fourth-order valence-corrected chi connectivity index (χ4v) is 1.75. The van der Waals surface area contributed by atoms with Crippen molar-refractivity contribution in [2.45, 2.75) is 13.8 Å². The lowest BCUT2D eigenvalue weighted by molar-refractivity contribution is 1.42. The van der Waals surface area contributed by atoms with Crippen LogP contribution in [0.4, 0.5) is 0 Å². The van der Waals surface area contributed by atoms with E-state index in [0.29, 0.717) is 0 Å². The first-order chi connectivity index (χ1) is 3.72. The van der Waals surface area contributed by atoms with Crippen molar-refractivity contribution in [1.82, 2.24) is 0 Å². The molecule has 0 aliphatic carbocycles. The van der Waals surface area contributed by atoms with E-state index in [2.05, 4.69) is 35.2 Å². The predicted octanol–water partition coefficient (Wildman–Crippen LogP) is 2.93. The molecule has 1 aromatic heterocycles. The van der Waals surface area contributed by atoms with Crippen LogP contribution in [-0.2, 0) is 0 Å². The van der Waals surface area contributed by atoms with Gasteiger partial charge in [0.05, 0.1) is 5.38 Å². The van der Waals surface area contributed by atoms with E-state index in [1.807, 2.05) is 0 Å². The highest BCUT2D eigenvalue weighted by Crippen LogP contribution is 2.24. The smallest absolute Gasteiger partial charge is 0.0601 e. The normalized spacial score (nSPS) is 9.88. The molecule has 0 aromatic carbocycles. The van der Waals surface area contributed by atoms with Gasteiger partial charge >= 0.3 is 0 Å². The lowest BCUT2D eigenvalue weighted by Gasteiger charge is -1.84. The molecule has 1 radical (unpaired) electrons. The summed E-state index contributed by atoms with van der Waals surface area (Å²) in [4.78, 5) is 1.34. The van der Waals surface area contributed by atoms with Crippen LogP contribution in [0.2, 0.25) is 0 Å². The number of thiophene rings is 1. The molecule has 0 atom stereocenters. The average Bonchev–Trinajstić information content (AvgIpc) is 1.98. The summed E-state index contributed by atoms with van der Waals surface area (Å²) in [5.41, 5.74) is 1.31. The molecule has 0 saturated heterocycles. The monoisotopic (exact) mass is 189 g/mol. The molecule has 0 spiro atoms. The van der Waals surface area contributed by atoms with Crippen LogP contribution < -0.4 is 0 Å². The highest BCUT2D eigenvalue weighted by Gasteiger charge is 1.98. The third kappa shape index (κ3) is 0.955. The van der Waals surface area contributed by atoms with Gasteiger partial charge in [0.2, 0.25) is 0 Å². The Labute approximate surface area is 61.7 Å². The van der Waals surface area contributed by atoms with E-state index < -0.39 is 0 Å². The molecule has 0 amide bonds. The zero-order valence-electron chi connectivity index (χ0n) is 4.79. The number of rotatable bonds is 0. The number of hydrogen-bond acceptors (Lipinski definition) is 1. The minimum absolute atomic E-state index is 1.11. The molecular formula is C6H6BrS. The van der Waals surface area contributed by atoms with Gasteiger partial charge in [-0.25, -0.2) is 0 Å². The summed E-state index contributed by atoms with van der Waals surface area (Å²) in [5.74, 6) is 0. The van der Waals surface area contributed by atoms with Crippen molar-refractivity contribution in [2.75, 3.05) is 0 Å².